The van der Waals surface area contributed by atoms with Crippen molar-refractivity contribution in [2.45, 2.75) is 58.2 Å². The normalized spacial score (nSPS) is 19.2. The molecule has 4 nitrogen and oxygen atoms in total. The average Bonchev–Trinajstić information content (AvgIpc) is 2.47. The largest absolute Gasteiger partial charge is 0.491 e. The Morgan fingerprint density at radius 3 is 2.73 bits per heavy atom. The molecule has 0 saturated carbocycles. The quantitative estimate of drug-likeness (QED) is 0.873. The maximum absolute atomic E-state index is 12.2. The van der Waals surface area contributed by atoms with Gasteiger partial charge in [-0.1, -0.05) is 18.6 Å². The number of benzene rings is 1. The third-order valence-corrected chi connectivity index (χ3v) is 3.72. The van der Waals surface area contributed by atoms with Gasteiger partial charge in [-0.25, -0.2) is 0 Å². The summed E-state index contributed by atoms with van der Waals surface area (Å²) in [5.41, 5.74) is 1.07. The highest BCUT2D eigenvalue weighted by atomic mass is 35.5. The zero-order chi connectivity index (χ0) is 15.2. The van der Waals surface area contributed by atoms with Crippen molar-refractivity contribution in [1.29, 1.82) is 0 Å². The van der Waals surface area contributed by atoms with E-state index >= 15 is 0 Å². The second-order valence-corrected chi connectivity index (χ2v) is 5.97. The number of ether oxygens (including phenoxy) is 1. The number of hydrogen-bond donors (Lipinski definition) is 2. The van der Waals surface area contributed by atoms with E-state index in [1.54, 1.807) is 0 Å². The van der Waals surface area contributed by atoms with Gasteiger partial charge in [0.25, 0.3) is 0 Å². The number of carbonyl (C=O) groups excluding carboxylic acids is 1. The van der Waals surface area contributed by atoms with Crippen LogP contribution in [0.1, 0.15) is 51.6 Å². The van der Waals surface area contributed by atoms with Gasteiger partial charge in [-0.05, 0) is 57.9 Å². The topological polar surface area (TPSA) is 50.4 Å². The van der Waals surface area contributed by atoms with Crippen LogP contribution in [0, 0.1) is 0 Å². The molecule has 1 aliphatic heterocycles. The molecule has 0 aliphatic carbocycles. The molecule has 0 aromatic heterocycles. The fourth-order valence-electron chi connectivity index (χ4n) is 2.60. The van der Waals surface area contributed by atoms with E-state index in [0.717, 1.165) is 37.1 Å². The molecule has 1 aliphatic rings. The maximum Gasteiger partial charge on any atom is 0.237 e. The van der Waals surface area contributed by atoms with Crippen LogP contribution < -0.4 is 15.4 Å². The van der Waals surface area contributed by atoms with Gasteiger partial charge >= 0.3 is 0 Å². The van der Waals surface area contributed by atoms with Gasteiger partial charge in [0.2, 0.25) is 5.91 Å². The Kier molecular flexibility index (Phi) is 7.69. The maximum atomic E-state index is 12.2. The van der Waals surface area contributed by atoms with Crippen LogP contribution in [0.25, 0.3) is 0 Å². The van der Waals surface area contributed by atoms with Crippen LogP contribution >= 0.6 is 12.4 Å². The monoisotopic (exact) mass is 326 g/mol. The highest BCUT2D eigenvalue weighted by Gasteiger charge is 2.22. The molecule has 2 rings (SSSR count). The molecular weight excluding hydrogens is 300 g/mol. The zero-order valence-corrected chi connectivity index (χ0v) is 14.4. The second-order valence-electron chi connectivity index (χ2n) is 5.97. The lowest BCUT2D eigenvalue weighted by molar-refractivity contribution is -0.124. The van der Waals surface area contributed by atoms with E-state index in [2.05, 4.69) is 10.6 Å². The number of halogens is 1. The molecule has 2 unspecified atom stereocenters. The summed E-state index contributed by atoms with van der Waals surface area (Å²) in [7, 11) is 0. The highest BCUT2D eigenvalue weighted by Crippen LogP contribution is 2.20. The van der Waals surface area contributed by atoms with Gasteiger partial charge in [0.1, 0.15) is 5.75 Å². The smallest absolute Gasteiger partial charge is 0.237 e. The molecule has 1 amide bonds. The molecule has 0 bridgehead atoms. The van der Waals surface area contributed by atoms with Gasteiger partial charge in [0.05, 0.1) is 18.2 Å². The lowest BCUT2D eigenvalue weighted by Gasteiger charge is -2.25. The molecule has 1 aromatic rings. The Labute approximate surface area is 139 Å². The summed E-state index contributed by atoms with van der Waals surface area (Å²) in [6.45, 7) is 6.96. The fourth-order valence-corrected chi connectivity index (χ4v) is 2.60. The average molecular weight is 327 g/mol. The molecule has 0 spiro atoms. The van der Waals surface area contributed by atoms with Crippen molar-refractivity contribution < 1.29 is 9.53 Å². The number of carbonyl (C=O) groups is 1. The Balaban J connectivity index is 0.00000242. The van der Waals surface area contributed by atoms with Gasteiger partial charge in [-0.3, -0.25) is 4.79 Å². The van der Waals surface area contributed by atoms with E-state index in [1.807, 2.05) is 45.0 Å². The van der Waals surface area contributed by atoms with E-state index in [1.165, 1.54) is 0 Å². The summed E-state index contributed by atoms with van der Waals surface area (Å²) in [4.78, 5) is 12.2. The third-order valence-electron chi connectivity index (χ3n) is 3.72. The minimum atomic E-state index is -0.0451. The van der Waals surface area contributed by atoms with Crippen LogP contribution in [0.4, 0.5) is 0 Å². The molecular formula is C17H27ClN2O2. The van der Waals surface area contributed by atoms with E-state index in [9.17, 15) is 4.79 Å². The number of amides is 1. The minimum Gasteiger partial charge on any atom is -0.491 e. The van der Waals surface area contributed by atoms with Crippen molar-refractivity contribution in [3.63, 3.8) is 0 Å². The number of nitrogens with one attached hydrogen (secondary N) is 2. The predicted octanol–water partition coefficient (Wildman–Crippen LogP) is 3.21. The van der Waals surface area contributed by atoms with Crippen LogP contribution in [-0.4, -0.2) is 24.6 Å². The van der Waals surface area contributed by atoms with Crippen molar-refractivity contribution in [2.24, 2.45) is 0 Å². The van der Waals surface area contributed by atoms with Crippen LogP contribution in [0.5, 0.6) is 5.75 Å². The summed E-state index contributed by atoms with van der Waals surface area (Å²) < 4.78 is 5.70. The van der Waals surface area contributed by atoms with Crippen molar-refractivity contribution >= 4 is 18.3 Å². The Bertz CT molecular complexity index is 473. The van der Waals surface area contributed by atoms with Crippen molar-refractivity contribution in [3.8, 4) is 5.75 Å². The van der Waals surface area contributed by atoms with E-state index in [4.69, 9.17) is 4.74 Å². The van der Waals surface area contributed by atoms with Crippen LogP contribution in [0.2, 0.25) is 0 Å². The van der Waals surface area contributed by atoms with E-state index in [0.29, 0.717) is 0 Å². The molecule has 2 N–H and O–H groups in total. The lowest BCUT2D eigenvalue weighted by atomic mass is 10.0. The predicted molar refractivity (Wildman–Crippen MR) is 91.7 cm³/mol. The molecule has 1 fully saturated rings. The van der Waals surface area contributed by atoms with Crippen LogP contribution in [-0.2, 0) is 4.79 Å². The zero-order valence-electron chi connectivity index (χ0n) is 13.6. The van der Waals surface area contributed by atoms with Gasteiger partial charge in [-0.15, -0.1) is 12.4 Å². The molecule has 1 aromatic carbocycles. The van der Waals surface area contributed by atoms with Gasteiger partial charge in [-0.2, -0.15) is 0 Å². The van der Waals surface area contributed by atoms with E-state index in [-0.39, 0.29) is 36.5 Å². The summed E-state index contributed by atoms with van der Waals surface area (Å²) in [5, 5.41) is 6.37. The first-order valence-corrected chi connectivity index (χ1v) is 7.86. The molecule has 22 heavy (non-hydrogen) atoms. The summed E-state index contributed by atoms with van der Waals surface area (Å²) in [5.74, 6) is 0.941. The third kappa shape index (κ3) is 5.50. The van der Waals surface area contributed by atoms with Gasteiger partial charge in [0.15, 0.2) is 0 Å². The number of piperidine rings is 1. The SMILES string of the molecule is CC(C)Oc1cccc(C(C)NC(=O)C2CCCCN2)c1.Cl. The summed E-state index contributed by atoms with van der Waals surface area (Å²) >= 11 is 0. The second kappa shape index (κ2) is 9.01. The number of hydrogen-bond acceptors (Lipinski definition) is 3. The Hall–Kier alpha value is -1.26. The molecule has 124 valence electrons. The Morgan fingerprint density at radius 1 is 1.32 bits per heavy atom. The first kappa shape index (κ1) is 18.8. The first-order valence-electron chi connectivity index (χ1n) is 7.86. The van der Waals surface area contributed by atoms with Crippen LogP contribution in [0.15, 0.2) is 24.3 Å². The van der Waals surface area contributed by atoms with Crippen molar-refractivity contribution in [2.75, 3.05) is 6.54 Å². The lowest BCUT2D eigenvalue weighted by Crippen LogP contribution is -2.47. The minimum absolute atomic E-state index is 0. The summed E-state index contributed by atoms with van der Waals surface area (Å²) in [6, 6.07) is 7.87. The summed E-state index contributed by atoms with van der Waals surface area (Å²) in [6.07, 6.45) is 3.36. The Morgan fingerprint density at radius 2 is 2.09 bits per heavy atom. The molecule has 1 heterocycles. The first-order chi connectivity index (χ1) is 10.1. The molecule has 2 atom stereocenters. The van der Waals surface area contributed by atoms with Gasteiger partial charge < -0.3 is 15.4 Å². The van der Waals surface area contributed by atoms with Crippen LogP contribution in [0.3, 0.4) is 0 Å². The van der Waals surface area contributed by atoms with Crippen molar-refractivity contribution in [3.05, 3.63) is 29.8 Å². The molecule has 0 radical (unpaired) electrons. The highest BCUT2D eigenvalue weighted by molar-refractivity contribution is 5.85. The van der Waals surface area contributed by atoms with Crippen molar-refractivity contribution in [1.82, 2.24) is 10.6 Å². The number of rotatable bonds is 5. The van der Waals surface area contributed by atoms with E-state index < -0.39 is 0 Å². The molecule has 5 heteroatoms. The van der Waals surface area contributed by atoms with Gasteiger partial charge in [0, 0.05) is 0 Å². The molecule has 1 saturated heterocycles. The fraction of sp³-hybridized carbons (Fsp3) is 0.588. The standard InChI is InChI=1S/C17H26N2O2.ClH/c1-12(2)21-15-8-6-7-14(11-15)13(3)19-17(20)16-9-4-5-10-18-16;/h6-8,11-13,16,18H,4-5,9-10H2,1-3H3,(H,19,20);1H.